The Labute approximate surface area is 108 Å². The fourth-order valence-electron chi connectivity index (χ4n) is 1.85. The molecule has 1 atom stereocenters. The molecule has 2 aromatic rings. The molecular weight excluding hydrogens is 255 g/mol. The lowest BCUT2D eigenvalue weighted by Crippen LogP contribution is -2.31. The van der Waals surface area contributed by atoms with Gasteiger partial charge in [0.1, 0.15) is 17.5 Å². The average Bonchev–Trinajstić information content (AvgIpc) is 2.36. The summed E-state index contributed by atoms with van der Waals surface area (Å²) in [5, 5.41) is 0. The summed E-state index contributed by atoms with van der Waals surface area (Å²) in [7, 11) is 0. The molecule has 1 unspecified atom stereocenters. The highest BCUT2D eigenvalue weighted by molar-refractivity contribution is 5.22. The van der Waals surface area contributed by atoms with Crippen molar-refractivity contribution < 1.29 is 13.2 Å². The molecule has 1 aromatic heterocycles. The molecule has 0 aliphatic heterocycles. The molecule has 1 aromatic carbocycles. The zero-order valence-electron chi connectivity index (χ0n) is 9.91. The Morgan fingerprint density at radius 2 is 1.84 bits per heavy atom. The Balaban J connectivity index is 2.26. The third kappa shape index (κ3) is 3.30. The number of halogens is 3. The van der Waals surface area contributed by atoms with Crippen LogP contribution in [0.5, 0.6) is 0 Å². The van der Waals surface area contributed by atoms with Crippen molar-refractivity contribution in [1.29, 1.82) is 0 Å². The van der Waals surface area contributed by atoms with Crippen LogP contribution < -0.4 is 11.3 Å². The summed E-state index contributed by atoms with van der Waals surface area (Å²) < 4.78 is 39.7. The highest BCUT2D eigenvalue weighted by Crippen LogP contribution is 2.19. The second-order valence-corrected chi connectivity index (χ2v) is 4.07. The van der Waals surface area contributed by atoms with Crippen LogP contribution in [0.4, 0.5) is 13.2 Å². The summed E-state index contributed by atoms with van der Waals surface area (Å²) in [6, 6.07) is 5.16. The first-order valence-electron chi connectivity index (χ1n) is 5.61. The van der Waals surface area contributed by atoms with E-state index in [9.17, 15) is 13.2 Å². The Bertz CT molecular complexity index is 555. The molecule has 6 heteroatoms. The van der Waals surface area contributed by atoms with Crippen molar-refractivity contribution in [3.05, 3.63) is 65.2 Å². The van der Waals surface area contributed by atoms with E-state index in [-0.39, 0.29) is 12.1 Å². The van der Waals surface area contributed by atoms with E-state index in [1.165, 1.54) is 30.5 Å². The molecular formula is C13H12F3N3. The maximum atomic E-state index is 13.6. The van der Waals surface area contributed by atoms with Gasteiger partial charge in [-0.05, 0) is 36.2 Å². The highest BCUT2D eigenvalue weighted by atomic mass is 19.1. The number of aromatic nitrogens is 1. The summed E-state index contributed by atoms with van der Waals surface area (Å²) in [5.74, 6) is 3.45. The highest BCUT2D eigenvalue weighted by Gasteiger charge is 2.17. The molecule has 19 heavy (non-hydrogen) atoms. The monoisotopic (exact) mass is 267 g/mol. The minimum atomic E-state index is -0.688. The molecule has 1 heterocycles. The smallest absolute Gasteiger partial charge is 0.146 e. The zero-order chi connectivity index (χ0) is 13.8. The van der Waals surface area contributed by atoms with Crippen LogP contribution in [0.15, 0.2) is 36.5 Å². The quantitative estimate of drug-likeness (QED) is 0.660. The predicted octanol–water partition coefficient (Wildman–Crippen LogP) is 2.25. The Morgan fingerprint density at radius 1 is 1.16 bits per heavy atom. The molecule has 3 N–H and O–H groups in total. The van der Waals surface area contributed by atoms with Crippen molar-refractivity contribution in [2.24, 2.45) is 5.84 Å². The molecule has 3 nitrogen and oxygen atoms in total. The first kappa shape index (κ1) is 13.5. The number of hydrazine groups is 1. The minimum absolute atomic E-state index is 0.106. The van der Waals surface area contributed by atoms with Gasteiger partial charge < -0.3 is 0 Å². The van der Waals surface area contributed by atoms with Crippen LogP contribution in [0.25, 0.3) is 0 Å². The van der Waals surface area contributed by atoms with Crippen LogP contribution >= 0.6 is 0 Å². The number of rotatable bonds is 4. The molecule has 2 rings (SSSR count). The van der Waals surface area contributed by atoms with Gasteiger partial charge in [0.05, 0.1) is 11.7 Å². The molecule has 0 fully saturated rings. The topological polar surface area (TPSA) is 50.9 Å². The van der Waals surface area contributed by atoms with Gasteiger partial charge in [-0.2, -0.15) is 0 Å². The number of hydrogen-bond acceptors (Lipinski definition) is 3. The first-order valence-corrected chi connectivity index (χ1v) is 5.61. The van der Waals surface area contributed by atoms with Crippen LogP contribution in [0.1, 0.15) is 17.3 Å². The number of pyridine rings is 1. The SMILES string of the molecule is NNC(Cc1cc(F)cc(F)c1)c1ncccc1F. The van der Waals surface area contributed by atoms with Gasteiger partial charge >= 0.3 is 0 Å². The molecule has 0 aliphatic rings. The summed E-state index contributed by atoms with van der Waals surface area (Å²) in [6.45, 7) is 0. The summed E-state index contributed by atoms with van der Waals surface area (Å²) in [6.07, 6.45) is 1.55. The fraction of sp³-hybridized carbons (Fsp3) is 0.154. The number of nitrogens with zero attached hydrogens (tertiary/aromatic N) is 1. The van der Waals surface area contributed by atoms with Crippen molar-refractivity contribution in [3.8, 4) is 0 Å². The van der Waals surface area contributed by atoms with Crippen molar-refractivity contribution >= 4 is 0 Å². The molecule has 0 saturated heterocycles. The predicted molar refractivity (Wildman–Crippen MR) is 64.3 cm³/mol. The molecule has 0 spiro atoms. The van der Waals surface area contributed by atoms with Gasteiger partial charge in [0.15, 0.2) is 0 Å². The summed E-state index contributed by atoms with van der Waals surface area (Å²) in [4.78, 5) is 3.89. The van der Waals surface area contributed by atoms with E-state index in [1.54, 1.807) is 0 Å². The minimum Gasteiger partial charge on any atom is -0.271 e. The van der Waals surface area contributed by atoms with Crippen molar-refractivity contribution in [2.45, 2.75) is 12.5 Å². The molecule has 100 valence electrons. The molecule has 0 saturated carbocycles. The zero-order valence-corrected chi connectivity index (χ0v) is 9.91. The van der Waals surface area contributed by atoms with Gasteiger partial charge in [0.2, 0.25) is 0 Å². The standard InChI is InChI=1S/C13H12F3N3/c14-9-4-8(5-10(15)7-9)6-12(19-17)13-11(16)2-1-3-18-13/h1-5,7,12,19H,6,17H2. The second-order valence-electron chi connectivity index (χ2n) is 4.07. The second kappa shape index (κ2) is 5.81. The van der Waals surface area contributed by atoms with E-state index in [2.05, 4.69) is 10.4 Å². The summed E-state index contributed by atoms with van der Waals surface area (Å²) in [5.41, 5.74) is 2.87. The van der Waals surface area contributed by atoms with Crippen LogP contribution in [0.3, 0.4) is 0 Å². The van der Waals surface area contributed by atoms with Crippen LogP contribution in [-0.2, 0) is 6.42 Å². The Kier molecular flexibility index (Phi) is 4.13. The lowest BCUT2D eigenvalue weighted by atomic mass is 10.0. The van der Waals surface area contributed by atoms with E-state index >= 15 is 0 Å². The third-order valence-corrected chi connectivity index (χ3v) is 2.68. The Hall–Kier alpha value is -1.92. The molecule has 0 aliphatic carbocycles. The third-order valence-electron chi connectivity index (χ3n) is 2.68. The number of hydrogen-bond donors (Lipinski definition) is 2. The maximum Gasteiger partial charge on any atom is 0.146 e. The Morgan fingerprint density at radius 3 is 2.42 bits per heavy atom. The van der Waals surface area contributed by atoms with Gasteiger partial charge in [-0.3, -0.25) is 16.3 Å². The van der Waals surface area contributed by atoms with E-state index in [0.29, 0.717) is 5.56 Å². The molecule has 0 amide bonds. The average molecular weight is 267 g/mol. The van der Waals surface area contributed by atoms with Crippen molar-refractivity contribution in [2.75, 3.05) is 0 Å². The molecule has 0 bridgehead atoms. The van der Waals surface area contributed by atoms with Gasteiger partial charge in [0, 0.05) is 12.3 Å². The van der Waals surface area contributed by atoms with Gasteiger partial charge in [-0.15, -0.1) is 0 Å². The maximum absolute atomic E-state index is 13.6. The first-order chi connectivity index (χ1) is 9.10. The molecule has 0 radical (unpaired) electrons. The van der Waals surface area contributed by atoms with Crippen molar-refractivity contribution in [3.63, 3.8) is 0 Å². The fourth-order valence-corrected chi connectivity index (χ4v) is 1.85. The summed E-state index contributed by atoms with van der Waals surface area (Å²) >= 11 is 0. The van der Waals surface area contributed by atoms with Crippen LogP contribution in [0, 0.1) is 17.5 Å². The van der Waals surface area contributed by atoms with E-state index < -0.39 is 23.5 Å². The number of nitrogens with two attached hydrogens (primary N) is 1. The van der Waals surface area contributed by atoms with Crippen molar-refractivity contribution in [1.82, 2.24) is 10.4 Å². The van der Waals surface area contributed by atoms with Gasteiger partial charge in [-0.1, -0.05) is 0 Å². The largest absolute Gasteiger partial charge is 0.271 e. The van der Waals surface area contributed by atoms with E-state index in [4.69, 9.17) is 5.84 Å². The van der Waals surface area contributed by atoms with Crippen LogP contribution in [0.2, 0.25) is 0 Å². The van der Waals surface area contributed by atoms with Crippen LogP contribution in [-0.4, -0.2) is 4.98 Å². The van der Waals surface area contributed by atoms with Gasteiger partial charge in [-0.25, -0.2) is 13.2 Å². The normalized spacial score (nSPS) is 12.4. The lowest BCUT2D eigenvalue weighted by molar-refractivity contribution is 0.491. The number of benzene rings is 1. The van der Waals surface area contributed by atoms with Gasteiger partial charge in [0.25, 0.3) is 0 Å². The van der Waals surface area contributed by atoms with E-state index in [0.717, 1.165) is 6.07 Å². The van der Waals surface area contributed by atoms with E-state index in [1.807, 2.05) is 0 Å². The number of nitrogens with one attached hydrogen (secondary N) is 1. The lowest BCUT2D eigenvalue weighted by Gasteiger charge is -2.16.